The molecule has 0 amide bonds. The topological polar surface area (TPSA) is 39.7 Å². The van der Waals surface area contributed by atoms with Crippen molar-refractivity contribution < 1.29 is 14.2 Å². The van der Waals surface area contributed by atoms with Crippen molar-refractivity contribution in [2.24, 2.45) is 5.92 Å². The van der Waals surface area contributed by atoms with Gasteiger partial charge in [0.25, 0.3) is 0 Å². The molecule has 1 saturated heterocycles. The summed E-state index contributed by atoms with van der Waals surface area (Å²) in [6.07, 6.45) is 5.07. The van der Waals surface area contributed by atoms with Gasteiger partial charge in [-0.15, -0.1) is 0 Å². The van der Waals surface area contributed by atoms with Crippen LogP contribution in [0.3, 0.4) is 0 Å². The summed E-state index contributed by atoms with van der Waals surface area (Å²) in [5.41, 5.74) is 1.11. The number of ether oxygens (including phenoxy) is 3. The van der Waals surface area contributed by atoms with E-state index in [1.807, 2.05) is 12.1 Å². The van der Waals surface area contributed by atoms with E-state index in [4.69, 9.17) is 14.2 Å². The summed E-state index contributed by atoms with van der Waals surface area (Å²) in [6.45, 7) is 1.85. The molecule has 2 aliphatic rings. The Morgan fingerprint density at radius 2 is 2.05 bits per heavy atom. The fourth-order valence-corrected chi connectivity index (χ4v) is 3.14. The average Bonchev–Trinajstić information content (AvgIpc) is 3.36. The molecule has 1 heterocycles. The summed E-state index contributed by atoms with van der Waals surface area (Å²) in [5, 5.41) is 3.64. The van der Waals surface area contributed by atoms with E-state index in [0.717, 1.165) is 42.7 Å². The van der Waals surface area contributed by atoms with Crippen LogP contribution in [0.15, 0.2) is 18.2 Å². The maximum atomic E-state index is 6.10. The van der Waals surface area contributed by atoms with E-state index < -0.39 is 0 Å². The second kappa shape index (κ2) is 6.67. The SMILES string of the molecule is COc1cccc(C2OCCCC2CNC2CC2)c1OC. The molecule has 0 bridgehead atoms. The first-order chi connectivity index (χ1) is 10.3. The third-order valence-corrected chi connectivity index (χ3v) is 4.43. The highest BCUT2D eigenvalue weighted by atomic mass is 16.5. The number of hydrogen-bond acceptors (Lipinski definition) is 4. The summed E-state index contributed by atoms with van der Waals surface area (Å²) < 4.78 is 17.1. The van der Waals surface area contributed by atoms with Gasteiger partial charge in [0.15, 0.2) is 11.5 Å². The van der Waals surface area contributed by atoms with Gasteiger partial charge in [-0.3, -0.25) is 0 Å². The Bertz CT molecular complexity index is 473. The predicted octanol–water partition coefficient (Wildman–Crippen LogP) is 2.92. The molecule has 1 aliphatic carbocycles. The fraction of sp³-hybridized carbons (Fsp3) is 0.647. The summed E-state index contributed by atoms with van der Waals surface area (Å²) >= 11 is 0. The molecule has 0 aromatic heterocycles. The van der Waals surface area contributed by atoms with Gasteiger partial charge in [-0.2, -0.15) is 0 Å². The molecule has 2 unspecified atom stereocenters. The highest BCUT2D eigenvalue weighted by Crippen LogP contribution is 2.42. The third kappa shape index (κ3) is 3.33. The Kier molecular flexibility index (Phi) is 4.66. The molecule has 1 N–H and O–H groups in total. The van der Waals surface area contributed by atoms with Crippen LogP contribution in [0.25, 0.3) is 0 Å². The second-order valence-electron chi connectivity index (χ2n) is 5.96. The van der Waals surface area contributed by atoms with Gasteiger partial charge in [0.05, 0.1) is 20.3 Å². The molecule has 1 aromatic carbocycles. The number of para-hydroxylation sites is 1. The summed E-state index contributed by atoms with van der Waals surface area (Å²) in [5.74, 6) is 2.08. The maximum absolute atomic E-state index is 6.10. The highest BCUT2D eigenvalue weighted by Gasteiger charge is 2.32. The molecule has 1 saturated carbocycles. The lowest BCUT2D eigenvalue weighted by Gasteiger charge is -2.33. The minimum absolute atomic E-state index is 0.0926. The fourth-order valence-electron chi connectivity index (χ4n) is 3.14. The van der Waals surface area contributed by atoms with Crippen LogP contribution < -0.4 is 14.8 Å². The average molecular weight is 291 g/mol. The van der Waals surface area contributed by atoms with Gasteiger partial charge >= 0.3 is 0 Å². The Morgan fingerprint density at radius 3 is 2.76 bits per heavy atom. The van der Waals surface area contributed by atoms with Gasteiger partial charge in [-0.1, -0.05) is 12.1 Å². The Labute approximate surface area is 126 Å². The first-order valence-corrected chi connectivity index (χ1v) is 7.89. The maximum Gasteiger partial charge on any atom is 0.166 e. The minimum Gasteiger partial charge on any atom is -0.493 e. The van der Waals surface area contributed by atoms with Crippen molar-refractivity contribution in [1.29, 1.82) is 0 Å². The zero-order chi connectivity index (χ0) is 14.7. The van der Waals surface area contributed by atoms with Gasteiger partial charge in [0.1, 0.15) is 0 Å². The molecular weight excluding hydrogens is 266 g/mol. The zero-order valence-electron chi connectivity index (χ0n) is 12.9. The molecule has 1 aliphatic heterocycles. The lowest BCUT2D eigenvalue weighted by atomic mass is 9.88. The molecule has 2 fully saturated rings. The van der Waals surface area contributed by atoms with Crippen LogP contribution in [0.2, 0.25) is 0 Å². The zero-order valence-corrected chi connectivity index (χ0v) is 12.9. The molecule has 2 atom stereocenters. The summed E-state index contributed by atoms with van der Waals surface area (Å²) in [7, 11) is 3.37. The molecule has 1 aromatic rings. The summed E-state index contributed by atoms with van der Waals surface area (Å²) in [6, 6.07) is 6.78. The van der Waals surface area contributed by atoms with Crippen LogP contribution in [0.5, 0.6) is 11.5 Å². The lowest BCUT2D eigenvalue weighted by Crippen LogP contribution is -2.33. The third-order valence-electron chi connectivity index (χ3n) is 4.43. The lowest BCUT2D eigenvalue weighted by molar-refractivity contribution is -0.0291. The first-order valence-electron chi connectivity index (χ1n) is 7.89. The van der Waals surface area contributed by atoms with Crippen molar-refractivity contribution in [2.75, 3.05) is 27.4 Å². The van der Waals surface area contributed by atoms with Gasteiger partial charge in [-0.25, -0.2) is 0 Å². The monoisotopic (exact) mass is 291 g/mol. The molecule has 0 radical (unpaired) electrons. The standard InChI is InChI=1S/C17H25NO3/c1-19-15-7-3-6-14(17(15)20-2)16-12(5-4-10-21-16)11-18-13-8-9-13/h3,6-7,12-13,16,18H,4-5,8-11H2,1-2H3. The van der Waals surface area contributed by atoms with Crippen molar-refractivity contribution in [3.63, 3.8) is 0 Å². The van der Waals surface area contributed by atoms with E-state index in [9.17, 15) is 0 Å². The smallest absolute Gasteiger partial charge is 0.166 e. The number of rotatable bonds is 6. The van der Waals surface area contributed by atoms with Crippen LogP contribution in [0.4, 0.5) is 0 Å². The molecule has 4 heteroatoms. The molecule has 21 heavy (non-hydrogen) atoms. The highest BCUT2D eigenvalue weighted by molar-refractivity contribution is 5.48. The molecule has 0 spiro atoms. The molecule has 3 rings (SSSR count). The van der Waals surface area contributed by atoms with Crippen molar-refractivity contribution in [3.8, 4) is 11.5 Å². The quantitative estimate of drug-likeness (QED) is 0.875. The van der Waals surface area contributed by atoms with Gasteiger partial charge in [0.2, 0.25) is 0 Å². The predicted molar refractivity (Wildman–Crippen MR) is 82.0 cm³/mol. The van der Waals surface area contributed by atoms with E-state index >= 15 is 0 Å². The van der Waals surface area contributed by atoms with Crippen molar-refractivity contribution >= 4 is 0 Å². The van der Waals surface area contributed by atoms with Crippen LogP contribution in [-0.2, 0) is 4.74 Å². The van der Waals surface area contributed by atoms with Gasteiger partial charge < -0.3 is 19.5 Å². The number of methoxy groups -OCH3 is 2. The molecule has 116 valence electrons. The Morgan fingerprint density at radius 1 is 1.19 bits per heavy atom. The Hall–Kier alpha value is -1.26. The van der Waals surface area contributed by atoms with Gasteiger partial charge in [0, 0.05) is 30.7 Å². The second-order valence-corrected chi connectivity index (χ2v) is 5.96. The van der Waals surface area contributed by atoms with Crippen molar-refractivity contribution in [2.45, 2.75) is 37.8 Å². The number of benzene rings is 1. The van der Waals surface area contributed by atoms with Crippen LogP contribution in [0, 0.1) is 5.92 Å². The van der Waals surface area contributed by atoms with Crippen molar-refractivity contribution in [3.05, 3.63) is 23.8 Å². The Balaban J connectivity index is 1.81. The minimum atomic E-state index is 0.0926. The molecular formula is C17H25NO3. The van der Waals surface area contributed by atoms with E-state index in [-0.39, 0.29) is 6.10 Å². The first kappa shape index (κ1) is 14.7. The van der Waals surface area contributed by atoms with Crippen LogP contribution in [-0.4, -0.2) is 33.4 Å². The van der Waals surface area contributed by atoms with Gasteiger partial charge in [-0.05, 0) is 31.7 Å². The van der Waals surface area contributed by atoms with Crippen molar-refractivity contribution in [1.82, 2.24) is 5.32 Å². The van der Waals surface area contributed by atoms with E-state index in [1.165, 1.54) is 19.3 Å². The normalized spacial score (nSPS) is 25.6. The van der Waals surface area contributed by atoms with E-state index in [0.29, 0.717) is 5.92 Å². The van der Waals surface area contributed by atoms with E-state index in [1.54, 1.807) is 14.2 Å². The van der Waals surface area contributed by atoms with Crippen LogP contribution >= 0.6 is 0 Å². The number of hydrogen-bond donors (Lipinski definition) is 1. The van der Waals surface area contributed by atoms with E-state index in [2.05, 4.69) is 11.4 Å². The molecule has 4 nitrogen and oxygen atoms in total. The van der Waals surface area contributed by atoms with Crippen LogP contribution in [0.1, 0.15) is 37.4 Å². The largest absolute Gasteiger partial charge is 0.493 e. The summed E-state index contributed by atoms with van der Waals surface area (Å²) in [4.78, 5) is 0. The number of nitrogens with one attached hydrogen (secondary N) is 1.